The van der Waals surface area contributed by atoms with Crippen LogP contribution in [0.1, 0.15) is 18.1 Å². The van der Waals surface area contributed by atoms with Crippen LogP contribution in [-0.2, 0) is 4.79 Å². The van der Waals surface area contributed by atoms with Gasteiger partial charge in [-0.05, 0) is 36.7 Å². The Morgan fingerprint density at radius 3 is 2.58 bits per heavy atom. The second-order valence-corrected chi connectivity index (χ2v) is 5.04. The van der Waals surface area contributed by atoms with Crippen molar-refractivity contribution in [3.8, 4) is 0 Å². The summed E-state index contributed by atoms with van der Waals surface area (Å²) in [5.41, 5.74) is 0.755. The van der Waals surface area contributed by atoms with Crippen LogP contribution in [-0.4, -0.2) is 30.6 Å². The minimum absolute atomic E-state index is 0. The van der Waals surface area contributed by atoms with Crippen molar-refractivity contribution < 1.29 is 9.90 Å². The Morgan fingerprint density at radius 1 is 1.42 bits per heavy atom. The van der Waals surface area contributed by atoms with Crippen LogP contribution in [0.4, 0.5) is 0 Å². The first-order valence-electron chi connectivity index (χ1n) is 6.06. The van der Waals surface area contributed by atoms with E-state index in [9.17, 15) is 9.90 Å². The number of rotatable bonds is 5. The molecule has 1 aliphatic heterocycles. The predicted molar refractivity (Wildman–Crippen MR) is 77.6 cm³/mol. The molecule has 1 unspecified atom stereocenters. The standard InChI is InChI=1S/C13H17ClN2O2.ClH/c14-11-3-1-10(2-4-11)12(17)8-16-13(18)5-9-6-15-7-9;/h1-4,9,12,15,17H,5-8H2,(H,16,18);1H. The smallest absolute Gasteiger partial charge is 0.220 e. The highest BCUT2D eigenvalue weighted by molar-refractivity contribution is 6.30. The van der Waals surface area contributed by atoms with E-state index in [2.05, 4.69) is 10.6 Å². The quantitative estimate of drug-likeness (QED) is 0.773. The van der Waals surface area contributed by atoms with E-state index in [1.165, 1.54) is 0 Å². The Labute approximate surface area is 123 Å². The molecule has 0 saturated carbocycles. The minimum Gasteiger partial charge on any atom is -0.387 e. The molecule has 1 aromatic carbocycles. The molecule has 1 saturated heterocycles. The fraction of sp³-hybridized carbons (Fsp3) is 0.462. The number of hydrogen-bond donors (Lipinski definition) is 3. The summed E-state index contributed by atoms with van der Waals surface area (Å²) in [6.07, 6.45) is -0.161. The van der Waals surface area contributed by atoms with Crippen molar-refractivity contribution >= 4 is 29.9 Å². The molecule has 6 heteroatoms. The molecule has 106 valence electrons. The fourth-order valence-electron chi connectivity index (χ4n) is 1.84. The van der Waals surface area contributed by atoms with Crippen molar-refractivity contribution in [2.75, 3.05) is 19.6 Å². The van der Waals surface area contributed by atoms with Gasteiger partial charge in [0.2, 0.25) is 5.91 Å². The van der Waals surface area contributed by atoms with Gasteiger partial charge in [-0.25, -0.2) is 0 Å². The molecule has 0 aromatic heterocycles. The number of amides is 1. The number of benzene rings is 1. The molecule has 0 aliphatic carbocycles. The molecule has 1 aromatic rings. The van der Waals surface area contributed by atoms with Crippen LogP contribution in [0.2, 0.25) is 5.02 Å². The first-order chi connectivity index (χ1) is 8.65. The summed E-state index contributed by atoms with van der Waals surface area (Å²) < 4.78 is 0. The molecule has 1 amide bonds. The van der Waals surface area contributed by atoms with Gasteiger partial charge in [-0.15, -0.1) is 12.4 Å². The van der Waals surface area contributed by atoms with Gasteiger partial charge in [0, 0.05) is 18.0 Å². The number of halogens is 2. The number of carbonyl (C=O) groups is 1. The fourth-order valence-corrected chi connectivity index (χ4v) is 1.97. The maximum Gasteiger partial charge on any atom is 0.220 e. The van der Waals surface area contributed by atoms with Gasteiger partial charge in [-0.1, -0.05) is 23.7 Å². The summed E-state index contributed by atoms with van der Waals surface area (Å²) in [7, 11) is 0. The first-order valence-corrected chi connectivity index (χ1v) is 6.44. The molecule has 1 aliphatic rings. The van der Waals surface area contributed by atoms with E-state index in [4.69, 9.17) is 11.6 Å². The van der Waals surface area contributed by atoms with Crippen LogP contribution < -0.4 is 10.6 Å². The average Bonchev–Trinajstić information content (AvgIpc) is 2.32. The van der Waals surface area contributed by atoms with Gasteiger partial charge in [-0.2, -0.15) is 0 Å². The summed E-state index contributed by atoms with van der Waals surface area (Å²) in [5, 5.41) is 16.4. The second-order valence-electron chi connectivity index (χ2n) is 4.60. The van der Waals surface area contributed by atoms with Crippen LogP contribution in [0.15, 0.2) is 24.3 Å². The minimum atomic E-state index is -0.689. The summed E-state index contributed by atoms with van der Waals surface area (Å²) in [5.74, 6) is 0.437. The number of nitrogens with one attached hydrogen (secondary N) is 2. The molecule has 4 nitrogen and oxygen atoms in total. The summed E-state index contributed by atoms with van der Waals surface area (Å²) in [6.45, 7) is 2.06. The van der Waals surface area contributed by atoms with Crippen molar-refractivity contribution in [2.24, 2.45) is 5.92 Å². The number of aliphatic hydroxyl groups is 1. The van der Waals surface area contributed by atoms with E-state index in [1.54, 1.807) is 24.3 Å². The highest BCUT2D eigenvalue weighted by Gasteiger charge is 2.20. The van der Waals surface area contributed by atoms with Crippen LogP contribution in [0.3, 0.4) is 0 Å². The highest BCUT2D eigenvalue weighted by atomic mass is 35.5. The lowest BCUT2D eigenvalue weighted by molar-refractivity contribution is -0.122. The third-order valence-corrected chi connectivity index (χ3v) is 3.34. The van der Waals surface area contributed by atoms with E-state index in [0.717, 1.165) is 18.7 Å². The second kappa shape index (κ2) is 7.70. The molecular formula is C13H18Cl2N2O2. The molecule has 1 atom stereocenters. The van der Waals surface area contributed by atoms with Crippen LogP contribution in [0.5, 0.6) is 0 Å². The predicted octanol–water partition coefficient (Wildman–Crippen LogP) is 1.52. The highest BCUT2D eigenvalue weighted by Crippen LogP contribution is 2.16. The number of aliphatic hydroxyl groups excluding tert-OH is 1. The van der Waals surface area contributed by atoms with Crippen molar-refractivity contribution in [2.45, 2.75) is 12.5 Å². The maximum atomic E-state index is 11.6. The van der Waals surface area contributed by atoms with E-state index in [-0.39, 0.29) is 24.9 Å². The summed E-state index contributed by atoms with van der Waals surface area (Å²) in [4.78, 5) is 11.6. The normalized spacial score (nSPS) is 16.1. The van der Waals surface area contributed by atoms with E-state index < -0.39 is 6.10 Å². The lowest BCUT2D eigenvalue weighted by atomic mass is 9.99. The Balaban J connectivity index is 0.00000180. The number of carbonyl (C=O) groups excluding carboxylic acids is 1. The molecule has 1 fully saturated rings. The molecule has 0 bridgehead atoms. The van der Waals surface area contributed by atoms with Gasteiger partial charge in [-0.3, -0.25) is 4.79 Å². The van der Waals surface area contributed by atoms with Gasteiger partial charge in [0.05, 0.1) is 6.10 Å². The van der Waals surface area contributed by atoms with Crippen LogP contribution >= 0.6 is 24.0 Å². The molecular weight excluding hydrogens is 287 g/mol. The molecule has 0 radical (unpaired) electrons. The number of hydrogen-bond acceptors (Lipinski definition) is 3. The van der Waals surface area contributed by atoms with Crippen molar-refractivity contribution in [3.63, 3.8) is 0 Å². The molecule has 19 heavy (non-hydrogen) atoms. The maximum absolute atomic E-state index is 11.6. The van der Waals surface area contributed by atoms with Crippen molar-refractivity contribution in [1.82, 2.24) is 10.6 Å². The zero-order valence-corrected chi connectivity index (χ0v) is 12.0. The molecule has 1 heterocycles. The molecule has 2 rings (SSSR count). The average molecular weight is 305 g/mol. The Kier molecular flexibility index (Phi) is 6.58. The largest absolute Gasteiger partial charge is 0.387 e. The Bertz CT molecular complexity index is 408. The van der Waals surface area contributed by atoms with Crippen LogP contribution in [0.25, 0.3) is 0 Å². The van der Waals surface area contributed by atoms with Gasteiger partial charge < -0.3 is 15.7 Å². The van der Waals surface area contributed by atoms with Crippen molar-refractivity contribution in [1.29, 1.82) is 0 Å². The van der Waals surface area contributed by atoms with Crippen molar-refractivity contribution in [3.05, 3.63) is 34.9 Å². The van der Waals surface area contributed by atoms with Gasteiger partial charge in [0.1, 0.15) is 0 Å². The third kappa shape index (κ3) is 4.99. The van der Waals surface area contributed by atoms with Gasteiger partial charge in [0.25, 0.3) is 0 Å². The third-order valence-electron chi connectivity index (χ3n) is 3.09. The van der Waals surface area contributed by atoms with Gasteiger partial charge in [0.15, 0.2) is 0 Å². The van der Waals surface area contributed by atoms with Crippen LogP contribution in [0, 0.1) is 5.92 Å². The lowest BCUT2D eigenvalue weighted by Crippen LogP contribution is -2.44. The zero-order valence-electron chi connectivity index (χ0n) is 10.4. The zero-order chi connectivity index (χ0) is 13.0. The Hall–Kier alpha value is -0.810. The summed E-state index contributed by atoms with van der Waals surface area (Å²) in [6, 6.07) is 6.97. The molecule has 0 spiro atoms. The van der Waals surface area contributed by atoms with E-state index in [1.807, 2.05) is 0 Å². The van der Waals surface area contributed by atoms with E-state index in [0.29, 0.717) is 17.4 Å². The monoisotopic (exact) mass is 304 g/mol. The van der Waals surface area contributed by atoms with Gasteiger partial charge >= 0.3 is 0 Å². The topological polar surface area (TPSA) is 61.4 Å². The first kappa shape index (κ1) is 16.2. The molecule has 3 N–H and O–H groups in total. The Morgan fingerprint density at radius 2 is 2.05 bits per heavy atom. The summed E-state index contributed by atoms with van der Waals surface area (Å²) >= 11 is 5.77. The SMILES string of the molecule is Cl.O=C(CC1CNC1)NCC(O)c1ccc(Cl)cc1. The lowest BCUT2D eigenvalue weighted by Gasteiger charge is -2.26. The van der Waals surface area contributed by atoms with E-state index >= 15 is 0 Å².